The van der Waals surface area contributed by atoms with Gasteiger partial charge in [-0.1, -0.05) is 44.5 Å². The number of anilines is 1. The van der Waals surface area contributed by atoms with E-state index in [1.807, 2.05) is 18.7 Å². The van der Waals surface area contributed by atoms with Crippen molar-refractivity contribution in [1.82, 2.24) is 14.8 Å². The molecule has 178 valence electrons. The van der Waals surface area contributed by atoms with Crippen molar-refractivity contribution in [3.8, 4) is 11.3 Å². The van der Waals surface area contributed by atoms with Crippen LogP contribution in [0.5, 0.6) is 0 Å². The van der Waals surface area contributed by atoms with Crippen molar-refractivity contribution < 1.29 is 14.3 Å². The molecule has 9 heteroatoms. The minimum atomic E-state index is -0.966. The molecule has 1 aliphatic heterocycles. The zero-order chi connectivity index (χ0) is 24.5. The molecule has 0 unspecified atom stereocenters. The van der Waals surface area contributed by atoms with Crippen molar-refractivity contribution in [1.29, 1.82) is 5.41 Å². The van der Waals surface area contributed by atoms with Gasteiger partial charge in [0.15, 0.2) is 0 Å². The van der Waals surface area contributed by atoms with Gasteiger partial charge in [-0.2, -0.15) is 0 Å². The summed E-state index contributed by atoms with van der Waals surface area (Å²) in [4.78, 5) is 19.4. The summed E-state index contributed by atoms with van der Waals surface area (Å²) in [5, 5.41) is 22.0. The molecule has 33 heavy (non-hydrogen) atoms. The Morgan fingerprint density at radius 2 is 1.85 bits per heavy atom. The number of nitrogens with one attached hydrogen (secondary N) is 2. The topological polar surface area (TPSA) is 92.6 Å². The molecule has 1 aliphatic rings. The van der Waals surface area contributed by atoms with Gasteiger partial charge in [0, 0.05) is 37.3 Å². The van der Waals surface area contributed by atoms with E-state index in [0.29, 0.717) is 30.2 Å². The van der Waals surface area contributed by atoms with Crippen molar-refractivity contribution >= 4 is 29.3 Å². The Bertz CT molecular complexity index is 1060. The molecule has 1 aromatic heterocycles. The van der Waals surface area contributed by atoms with Gasteiger partial charge in [0.25, 0.3) is 0 Å². The van der Waals surface area contributed by atoms with Gasteiger partial charge >= 0.3 is 6.09 Å². The second-order valence-corrected chi connectivity index (χ2v) is 10.2. The van der Waals surface area contributed by atoms with Crippen LogP contribution in [0.3, 0.4) is 0 Å². The van der Waals surface area contributed by atoms with Crippen molar-refractivity contribution in [2.24, 2.45) is 5.41 Å². The summed E-state index contributed by atoms with van der Waals surface area (Å²) >= 11 is 6.55. The van der Waals surface area contributed by atoms with E-state index in [9.17, 15) is 14.3 Å². The van der Waals surface area contributed by atoms with Crippen molar-refractivity contribution in [3.63, 3.8) is 0 Å². The third-order valence-corrected chi connectivity index (χ3v) is 5.95. The molecular formula is C24H31ClFN5O2. The minimum absolute atomic E-state index is 0.0617. The maximum atomic E-state index is 14.5. The number of rotatable bonds is 4. The average molecular weight is 476 g/mol. The highest BCUT2D eigenvalue weighted by Gasteiger charge is 2.34. The average Bonchev–Trinajstić information content (AvgIpc) is 2.73. The van der Waals surface area contributed by atoms with E-state index in [2.05, 4.69) is 31.1 Å². The molecule has 2 atom stereocenters. The number of halogens is 2. The fraction of sp³-hybridized carbons (Fsp3) is 0.458. The largest absolute Gasteiger partial charge is 0.465 e. The normalized spacial score (nSPS) is 18.9. The van der Waals surface area contributed by atoms with Crippen LogP contribution in [0.4, 0.5) is 15.0 Å². The molecule has 1 fully saturated rings. The fourth-order valence-electron chi connectivity index (χ4n) is 3.85. The number of hydrogen-bond acceptors (Lipinski definition) is 4. The molecule has 3 rings (SSSR count). The summed E-state index contributed by atoms with van der Waals surface area (Å²) in [6, 6.07) is 7.48. The molecule has 2 aromatic rings. The number of carboxylic acid groups (broad SMARTS) is 1. The van der Waals surface area contributed by atoms with E-state index >= 15 is 0 Å². The lowest BCUT2D eigenvalue weighted by Gasteiger charge is -2.44. The molecule has 1 amide bonds. The maximum Gasteiger partial charge on any atom is 0.407 e. The molecule has 0 bridgehead atoms. The zero-order valence-corrected chi connectivity index (χ0v) is 20.4. The third-order valence-electron chi connectivity index (χ3n) is 5.67. The van der Waals surface area contributed by atoms with Gasteiger partial charge in [0.1, 0.15) is 17.5 Å². The summed E-state index contributed by atoms with van der Waals surface area (Å²) < 4.78 is 14.5. The molecule has 3 N–H and O–H groups in total. The first kappa shape index (κ1) is 24.8. The number of aromatic nitrogens is 1. The lowest BCUT2D eigenvalue weighted by molar-refractivity contribution is 0.0747. The fourth-order valence-corrected chi connectivity index (χ4v) is 4.11. The highest BCUT2D eigenvalue weighted by molar-refractivity contribution is 6.33. The van der Waals surface area contributed by atoms with Crippen LogP contribution in [0.1, 0.15) is 40.2 Å². The molecule has 0 spiro atoms. The van der Waals surface area contributed by atoms with Gasteiger partial charge in [0.2, 0.25) is 0 Å². The second kappa shape index (κ2) is 9.55. The number of piperazine rings is 1. The second-order valence-electron chi connectivity index (χ2n) is 9.74. The van der Waals surface area contributed by atoms with Gasteiger partial charge in [-0.15, -0.1) is 0 Å². The predicted octanol–water partition coefficient (Wildman–Crippen LogP) is 5.40. The third kappa shape index (κ3) is 5.55. The first-order valence-electron chi connectivity index (χ1n) is 10.9. The van der Waals surface area contributed by atoms with E-state index in [1.54, 1.807) is 24.3 Å². The van der Waals surface area contributed by atoms with Gasteiger partial charge in [-0.25, -0.2) is 14.2 Å². The summed E-state index contributed by atoms with van der Waals surface area (Å²) in [6.07, 6.45) is -0.966. The summed E-state index contributed by atoms with van der Waals surface area (Å²) in [7, 11) is 0. The highest BCUT2D eigenvalue weighted by atomic mass is 35.5. The van der Waals surface area contributed by atoms with Crippen LogP contribution in [0.25, 0.3) is 11.3 Å². The Hall–Kier alpha value is -2.87. The lowest BCUT2D eigenvalue weighted by Crippen LogP contribution is -2.59. The zero-order valence-electron chi connectivity index (χ0n) is 19.6. The smallest absolute Gasteiger partial charge is 0.407 e. The van der Waals surface area contributed by atoms with E-state index in [-0.39, 0.29) is 40.5 Å². The van der Waals surface area contributed by atoms with Crippen LogP contribution in [0, 0.1) is 16.6 Å². The summed E-state index contributed by atoms with van der Waals surface area (Å²) in [5.74, 6) is 0.215. The number of amides is 1. The Morgan fingerprint density at radius 3 is 2.45 bits per heavy atom. The number of hydrogen-bond donors (Lipinski definition) is 3. The Morgan fingerprint density at radius 1 is 1.24 bits per heavy atom. The Kier molecular flexibility index (Phi) is 7.17. The predicted molar refractivity (Wildman–Crippen MR) is 130 cm³/mol. The lowest BCUT2D eigenvalue weighted by atomic mass is 9.97. The number of nitrogens with zero attached hydrogens (tertiary/aromatic N) is 3. The molecule has 1 aromatic carbocycles. The van der Waals surface area contributed by atoms with Crippen LogP contribution < -0.4 is 5.32 Å². The van der Waals surface area contributed by atoms with Crippen LogP contribution in [-0.4, -0.2) is 63.5 Å². The molecule has 1 saturated heterocycles. The number of carbonyl (C=O) groups is 1. The van der Waals surface area contributed by atoms with Crippen LogP contribution in [-0.2, 0) is 0 Å². The van der Waals surface area contributed by atoms with Gasteiger partial charge < -0.3 is 20.2 Å². The summed E-state index contributed by atoms with van der Waals surface area (Å²) in [6.45, 7) is 11.2. The molecule has 0 aliphatic carbocycles. The SMILES string of the molecule is C[C@@H]1CN(C(=N)c2cc(Cl)c(-c3ccccc3F)nc2NCC(C)(C)C)[C@@H](C)CN1C(=O)O. The van der Waals surface area contributed by atoms with Crippen molar-refractivity contribution in [3.05, 3.63) is 46.7 Å². The molecule has 7 nitrogen and oxygen atoms in total. The van der Waals surface area contributed by atoms with E-state index in [1.165, 1.54) is 11.0 Å². The van der Waals surface area contributed by atoms with E-state index < -0.39 is 11.9 Å². The number of pyridine rings is 1. The molecule has 0 saturated carbocycles. The van der Waals surface area contributed by atoms with Gasteiger partial charge in [-0.05, 0) is 37.5 Å². The molecular weight excluding hydrogens is 445 g/mol. The first-order valence-corrected chi connectivity index (χ1v) is 11.3. The van der Waals surface area contributed by atoms with Crippen molar-refractivity contribution in [2.45, 2.75) is 46.7 Å². The quantitative estimate of drug-likeness (QED) is 0.407. The van der Waals surface area contributed by atoms with Gasteiger partial charge in [-0.3, -0.25) is 5.41 Å². The molecule has 2 heterocycles. The van der Waals surface area contributed by atoms with Crippen LogP contribution in [0.2, 0.25) is 5.02 Å². The Balaban J connectivity index is 2.03. The van der Waals surface area contributed by atoms with E-state index in [4.69, 9.17) is 17.0 Å². The standard InChI is InChI=1S/C24H31ClFN5O2/c1-14-12-31(23(32)33)15(2)11-30(14)21(27)17-10-18(25)20(16-8-6-7-9-19(16)26)29-22(17)28-13-24(3,4)5/h6-10,14-15,27H,11-13H2,1-5H3,(H,28,29)(H,32,33)/t14-,15+/m0/s1. The molecule has 0 radical (unpaired) electrons. The van der Waals surface area contributed by atoms with E-state index in [0.717, 1.165) is 0 Å². The Labute approximate surface area is 199 Å². The first-order chi connectivity index (χ1) is 15.4. The monoisotopic (exact) mass is 475 g/mol. The number of benzene rings is 1. The summed E-state index contributed by atoms with van der Waals surface area (Å²) in [5.41, 5.74) is 1.02. The van der Waals surface area contributed by atoms with Gasteiger partial charge in [0.05, 0.1) is 16.3 Å². The van der Waals surface area contributed by atoms with Crippen LogP contribution in [0.15, 0.2) is 30.3 Å². The number of amidine groups is 1. The van der Waals surface area contributed by atoms with Crippen molar-refractivity contribution in [2.75, 3.05) is 25.0 Å². The van der Waals surface area contributed by atoms with Crippen LogP contribution >= 0.6 is 11.6 Å². The maximum absolute atomic E-state index is 14.5. The minimum Gasteiger partial charge on any atom is -0.465 e. The highest BCUT2D eigenvalue weighted by Crippen LogP contribution is 2.33.